The highest BCUT2D eigenvalue weighted by molar-refractivity contribution is 7.13. The van der Waals surface area contributed by atoms with Crippen molar-refractivity contribution >= 4 is 34.1 Å². The molecule has 7 nitrogen and oxygen atoms in total. The number of para-hydroxylation sites is 1. The first kappa shape index (κ1) is 17.4. The van der Waals surface area contributed by atoms with E-state index in [9.17, 15) is 9.59 Å². The van der Waals surface area contributed by atoms with E-state index in [2.05, 4.69) is 20.9 Å². The molecule has 0 aliphatic carbocycles. The van der Waals surface area contributed by atoms with Gasteiger partial charge in [-0.05, 0) is 25.0 Å². The lowest BCUT2D eigenvalue weighted by Gasteiger charge is -2.10. The van der Waals surface area contributed by atoms with E-state index in [-0.39, 0.29) is 24.5 Å². The van der Waals surface area contributed by atoms with Crippen molar-refractivity contribution in [2.45, 2.75) is 25.4 Å². The number of rotatable bonds is 6. The van der Waals surface area contributed by atoms with E-state index in [1.54, 1.807) is 17.5 Å². The molecule has 1 saturated heterocycles. The summed E-state index contributed by atoms with van der Waals surface area (Å²) in [5, 5.41) is 10.5. The first-order valence-electron chi connectivity index (χ1n) is 8.15. The Labute approximate surface area is 149 Å². The first-order chi connectivity index (χ1) is 12.2. The third kappa shape index (κ3) is 5.54. The van der Waals surface area contributed by atoms with Crippen LogP contribution in [0.2, 0.25) is 0 Å². The first-order valence-corrected chi connectivity index (χ1v) is 9.03. The Hall–Kier alpha value is -2.45. The van der Waals surface area contributed by atoms with Gasteiger partial charge in [-0.15, -0.1) is 11.3 Å². The molecule has 1 atom stereocenters. The normalized spacial score (nSPS) is 16.4. The lowest BCUT2D eigenvalue weighted by molar-refractivity contribution is -0.121. The van der Waals surface area contributed by atoms with Gasteiger partial charge in [0.1, 0.15) is 0 Å². The van der Waals surface area contributed by atoms with E-state index in [1.165, 1.54) is 11.3 Å². The molecule has 8 heteroatoms. The van der Waals surface area contributed by atoms with Crippen LogP contribution in [0.15, 0.2) is 35.7 Å². The predicted molar refractivity (Wildman–Crippen MR) is 96.9 cm³/mol. The molecule has 0 radical (unpaired) electrons. The fourth-order valence-electron chi connectivity index (χ4n) is 2.49. The summed E-state index contributed by atoms with van der Waals surface area (Å²) < 4.78 is 5.47. The van der Waals surface area contributed by atoms with Gasteiger partial charge in [-0.3, -0.25) is 10.1 Å². The van der Waals surface area contributed by atoms with Gasteiger partial charge in [0.05, 0.1) is 18.2 Å². The van der Waals surface area contributed by atoms with Gasteiger partial charge in [0, 0.05) is 24.2 Å². The molecule has 1 aliphatic heterocycles. The third-order valence-electron chi connectivity index (χ3n) is 3.70. The van der Waals surface area contributed by atoms with Gasteiger partial charge in [0.25, 0.3) is 0 Å². The zero-order valence-electron chi connectivity index (χ0n) is 13.7. The molecule has 3 N–H and O–H groups in total. The minimum Gasteiger partial charge on any atom is -0.376 e. The Bertz CT molecular complexity index is 714. The summed E-state index contributed by atoms with van der Waals surface area (Å²) in [6.07, 6.45) is 2.35. The molecule has 0 saturated carbocycles. The Morgan fingerprint density at radius 1 is 1.24 bits per heavy atom. The molecular weight excluding hydrogens is 340 g/mol. The second-order valence-electron chi connectivity index (χ2n) is 5.71. The number of ether oxygens (including phenoxy) is 1. The van der Waals surface area contributed by atoms with Crippen molar-refractivity contribution in [3.8, 4) is 0 Å². The van der Waals surface area contributed by atoms with Crippen molar-refractivity contribution in [2.24, 2.45) is 0 Å². The lowest BCUT2D eigenvalue weighted by Crippen LogP contribution is -2.32. The number of carbonyl (C=O) groups is 2. The molecule has 1 aromatic heterocycles. The van der Waals surface area contributed by atoms with Crippen LogP contribution in [-0.2, 0) is 16.0 Å². The fraction of sp³-hybridized carbons (Fsp3) is 0.353. The number of amides is 3. The molecule has 1 unspecified atom stereocenters. The number of benzene rings is 1. The molecule has 3 amide bonds. The molecular formula is C17H20N4O3S. The van der Waals surface area contributed by atoms with E-state index in [0.29, 0.717) is 23.1 Å². The number of hydrogen-bond donors (Lipinski definition) is 3. The van der Waals surface area contributed by atoms with Crippen molar-refractivity contribution in [1.29, 1.82) is 0 Å². The Morgan fingerprint density at radius 2 is 2.08 bits per heavy atom. The fourth-order valence-corrected chi connectivity index (χ4v) is 3.19. The maximum Gasteiger partial charge on any atom is 0.325 e. The standard InChI is InChI=1S/C17H20N4O3S/c22-15(18-10-14-7-4-8-24-14)9-13-11-25-17(20-13)21-16(23)19-12-5-2-1-3-6-12/h1-3,5-6,11,14H,4,7-10H2,(H,18,22)(H2,19,20,21,23). The van der Waals surface area contributed by atoms with E-state index >= 15 is 0 Å². The Balaban J connectivity index is 1.43. The number of aromatic nitrogens is 1. The predicted octanol–water partition coefficient (Wildman–Crippen LogP) is 2.62. The number of hydrogen-bond acceptors (Lipinski definition) is 5. The third-order valence-corrected chi connectivity index (χ3v) is 4.50. The minimum absolute atomic E-state index is 0.0962. The summed E-state index contributed by atoms with van der Waals surface area (Å²) in [5.41, 5.74) is 1.33. The second kappa shape index (κ2) is 8.59. The molecule has 0 spiro atoms. The van der Waals surface area contributed by atoms with Crippen LogP contribution in [0.3, 0.4) is 0 Å². The van der Waals surface area contributed by atoms with Crippen molar-refractivity contribution in [2.75, 3.05) is 23.8 Å². The van der Waals surface area contributed by atoms with Gasteiger partial charge in [-0.2, -0.15) is 0 Å². The molecule has 1 fully saturated rings. The average molecular weight is 360 g/mol. The van der Waals surface area contributed by atoms with E-state index in [4.69, 9.17) is 4.74 Å². The van der Waals surface area contributed by atoms with Gasteiger partial charge in [-0.25, -0.2) is 9.78 Å². The van der Waals surface area contributed by atoms with Crippen LogP contribution >= 0.6 is 11.3 Å². The van der Waals surface area contributed by atoms with Gasteiger partial charge in [0.2, 0.25) is 5.91 Å². The van der Waals surface area contributed by atoms with Crippen LogP contribution < -0.4 is 16.0 Å². The molecule has 132 valence electrons. The Kier molecular flexibility index (Phi) is 5.97. The van der Waals surface area contributed by atoms with Gasteiger partial charge < -0.3 is 15.4 Å². The molecule has 0 bridgehead atoms. The monoisotopic (exact) mass is 360 g/mol. The number of urea groups is 1. The SMILES string of the molecule is O=C(Cc1csc(NC(=O)Nc2ccccc2)n1)NCC1CCCO1. The highest BCUT2D eigenvalue weighted by atomic mass is 32.1. The van der Waals surface area contributed by atoms with E-state index in [0.717, 1.165) is 19.4 Å². The summed E-state index contributed by atoms with van der Waals surface area (Å²) >= 11 is 1.29. The second-order valence-corrected chi connectivity index (χ2v) is 6.56. The molecule has 1 aromatic carbocycles. The number of thiazole rings is 1. The maximum atomic E-state index is 11.9. The zero-order chi connectivity index (χ0) is 17.5. The summed E-state index contributed by atoms with van der Waals surface area (Å²) in [6, 6.07) is 8.78. The van der Waals surface area contributed by atoms with Crippen molar-refractivity contribution in [3.63, 3.8) is 0 Å². The van der Waals surface area contributed by atoms with Crippen molar-refractivity contribution < 1.29 is 14.3 Å². The summed E-state index contributed by atoms with van der Waals surface area (Å²) in [4.78, 5) is 28.1. The van der Waals surface area contributed by atoms with Crippen molar-refractivity contribution in [1.82, 2.24) is 10.3 Å². The molecule has 2 aromatic rings. The minimum atomic E-state index is -0.366. The van der Waals surface area contributed by atoms with E-state index in [1.807, 2.05) is 18.2 Å². The van der Waals surface area contributed by atoms with Crippen LogP contribution in [-0.4, -0.2) is 36.2 Å². The summed E-state index contributed by atoms with van der Waals surface area (Å²) in [5.74, 6) is -0.0962. The topological polar surface area (TPSA) is 92.4 Å². The van der Waals surface area contributed by atoms with Crippen LogP contribution in [0.1, 0.15) is 18.5 Å². The Morgan fingerprint density at radius 3 is 2.84 bits per heavy atom. The summed E-state index contributed by atoms with van der Waals surface area (Å²) in [7, 11) is 0. The number of nitrogens with zero attached hydrogens (tertiary/aromatic N) is 1. The van der Waals surface area contributed by atoms with Crippen LogP contribution in [0, 0.1) is 0 Å². The average Bonchev–Trinajstić information content (AvgIpc) is 3.26. The molecule has 2 heterocycles. The van der Waals surface area contributed by atoms with Gasteiger partial charge >= 0.3 is 6.03 Å². The summed E-state index contributed by atoms with van der Waals surface area (Å²) in [6.45, 7) is 1.31. The molecule has 25 heavy (non-hydrogen) atoms. The van der Waals surface area contributed by atoms with Gasteiger partial charge in [-0.1, -0.05) is 18.2 Å². The maximum absolute atomic E-state index is 11.9. The van der Waals surface area contributed by atoms with Crippen LogP contribution in [0.4, 0.5) is 15.6 Å². The molecule has 3 rings (SSSR count). The van der Waals surface area contributed by atoms with Crippen LogP contribution in [0.5, 0.6) is 0 Å². The molecule has 1 aliphatic rings. The van der Waals surface area contributed by atoms with Crippen LogP contribution in [0.25, 0.3) is 0 Å². The van der Waals surface area contributed by atoms with Gasteiger partial charge in [0.15, 0.2) is 5.13 Å². The smallest absolute Gasteiger partial charge is 0.325 e. The quantitative estimate of drug-likeness (QED) is 0.738. The highest BCUT2D eigenvalue weighted by Crippen LogP contribution is 2.16. The largest absolute Gasteiger partial charge is 0.376 e. The zero-order valence-corrected chi connectivity index (χ0v) is 14.5. The lowest BCUT2D eigenvalue weighted by atomic mass is 10.2. The van der Waals surface area contributed by atoms with E-state index < -0.39 is 0 Å². The number of anilines is 2. The number of carbonyl (C=O) groups excluding carboxylic acids is 2. The number of nitrogens with one attached hydrogen (secondary N) is 3. The highest BCUT2D eigenvalue weighted by Gasteiger charge is 2.16. The van der Waals surface area contributed by atoms with Crippen molar-refractivity contribution in [3.05, 3.63) is 41.4 Å².